The van der Waals surface area contributed by atoms with Crippen molar-refractivity contribution in [3.63, 3.8) is 0 Å². The van der Waals surface area contributed by atoms with Crippen molar-refractivity contribution in [3.05, 3.63) is 0 Å². The lowest BCUT2D eigenvalue weighted by Gasteiger charge is -2.31. The molecular weight excluding hydrogens is 178 g/mol. The van der Waals surface area contributed by atoms with Crippen molar-refractivity contribution >= 4 is 5.96 Å². The fraction of sp³-hybridized carbons (Fsp3) is 0.900. The summed E-state index contributed by atoms with van der Waals surface area (Å²) >= 11 is 0. The van der Waals surface area contributed by atoms with E-state index in [0.717, 1.165) is 38.3 Å². The van der Waals surface area contributed by atoms with Crippen LogP contribution in [0.25, 0.3) is 0 Å². The molecule has 0 bridgehead atoms. The second-order valence-corrected chi connectivity index (χ2v) is 4.28. The number of aliphatic hydroxyl groups is 1. The fourth-order valence-corrected chi connectivity index (χ4v) is 2.24. The Morgan fingerprint density at radius 3 is 2.71 bits per heavy atom. The molecule has 14 heavy (non-hydrogen) atoms. The van der Waals surface area contributed by atoms with Gasteiger partial charge in [-0.3, -0.25) is 4.99 Å². The van der Waals surface area contributed by atoms with E-state index in [1.165, 1.54) is 12.8 Å². The first-order valence-electron chi connectivity index (χ1n) is 5.52. The van der Waals surface area contributed by atoms with Crippen LogP contribution in [0.4, 0.5) is 0 Å². The Bertz CT molecular complexity index is 221. The van der Waals surface area contributed by atoms with Crippen molar-refractivity contribution in [1.82, 2.24) is 10.6 Å². The Morgan fingerprint density at radius 1 is 1.36 bits per heavy atom. The highest BCUT2D eigenvalue weighted by Gasteiger charge is 2.34. The highest BCUT2D eigenvalue weighted by atomic mass is 16.3. The maximum atomic E-state index is 9.40. The van der Waals surface area contributed by atoms with E-state index in [9.17, 15) is 5.11 Å². The van der Waals surface area contributed by atoms with E-state index in [-0.39, 0.29) is 12.1 Å². The first kappa shape index (κ1) is 9.77. The molecule has 0 aromatic rings. The van der Waals surface area contributed by atoms with Crippen LogP contribution in [0.3, 0.4) is 0 Å². The van der Waals surface area contributed by atoms with Crippen LogP contribution in [0, 0.1) is 0 Å². The van der Waals surface area contributed by atoms with Gasteiger partial charge in [0.15, 0.2) is 5.96 Å². The lowest BCUT2D eigenvalue weighted by molar-refractivity contribution is 0.181. The third-order valence-corrected chi connectivity index (χ3v) is 3.14. The molecule has 1 aliphatic heterocycles. The zero-order chi connectivity index (χ0) is 9.86. The van der Waals surface area contributed by atoms with Crippen LogP contribution in [0.5, 0.6) is 0 Å². The minimum absolute atomic E-state index is 0.0941. The number of hydrogen-bond acceptors (Lipinski definition) is 4. The molecule has 3 N–H and O–H groups in total. The van der Waals surface area contributed by atoms with Crippen LogP contribution in [0.2, 0.25) is 0 Å². The van der Waals surface area contributed by atoms with Gasteiger partial charge >= 0.3 is 0 Å². The van der Waals surface area contributed by atoms with Crippen LogP contribution in [0.1, 0.15) is 32.1 Å². The summed E-state index contributed by atoms with van der Waals surface area (Å²) in [5.74, 6) is 0.882. The molecule has 0 spiro atoms. The molecule has 1 saturated carbocycles. The average molecular weight is 197 g/mol. The van der Waals surface area contributed by atoms with Crippen LogP contribution in [-0.4, -0.2) is 36.3 Å². The van der Waals surface area contributed by atoms with E-state index in [2.05, 4.69) is 15.6 Å². The molecule has 0 unspecified atom stereocenters. The standard InChI is InChI=1S/C10H19N3O/c14-8-10(4-1-2-5-10)13-9-11-6-3-7-12-9/h14H,1-8H2,(H2,11,12,13). The van der Waals surface area contributed by atoms with E-state index in [1.807, 2.05) is 0 Å². The molecule has 0 radical (unpaired) electrons. The van der Waals surface area contributed by atoms with Gasteiger partial charge in [-0.25, -0.2) is 0 Å². The maximum Gasteiger partial charge on any atom is 0.191 e. The first-order valence-corrected chi connectivity index (χ1v) is 5.52. The number of hydrogen-bond donors (Lipinski definition) is 3. The van der Waals surface area contributed by atoms with Gasteiger partial charge in [0.1, 0.15) is 0 Å². The summed E-state index contributed by atoms with van der Waals surface area (Å²) in [5.41, 5.74) is -0.0941. The van der Waals surface area contributed by atoms with Gasteiger partial charge in [-0.05, 0) is 19.3 Å². The van der Waals surface area contributed by atoms with Gasteiger partial charge in [0, 0.05) is 13.1 Å². The molecule has 1 fully saturated rings. The minimum Gasteiger partial charge on any atom is -0.394 e. The van der Waals surface area contributed by atoms with Crippen molar-refractivity contribution in [3.8, 4) is 0 Å². The minimum atomic E-state index is -0.0941. The van der Waals surface area contributed by atoms with Crippen molar-refractivity contribution in [2.75, 3.05) is 19.7 Å². The summed E-state index contributed by atoms with van der Waals surface area (Å²) in [6.45, 7) is 2.11. The van der Waals surface area contributed by atoms with Gasteiger partial charge in [-0.1, -0.05) is 12.8 Å². The monoisotopic (exact) mass is 197 g/mol. The number of nitrogens with zero attached hydrogens (tertiary/aromatic N) is 1. The van der Waals surface area contributed by atoms with E-state index in [1.54, 1.807) is 0 Å². The Labute approximate surface area is 84.8 Å². The predicted octanol–water partition coefficient (Wildman–Crippen LogP) is 0.230. The largest absolute Gasteiger partial charge is 0.394 e. The smallest absolute Gasteiger partial charge is 0.191 e. The van der Waals surface area contributed by atoms with Crippen molar-refractivity contribution in [2.24, 2.45) is 4.99 Å². The summed E-state index contributed by atoms with van der Waals surface area (Å²) in [7, 11) is 0. The quantitative estimate of drug-likeness (QED) is 0.594. The highest BCUT2D eigenvalue weighted by molar-refractivity contribution is 5.81. The SMILES string of the molecule is OCC1(NC2=NCCCN2)CCCC1. The molecule has 2 aliphatic rings. The first-order chi connectivity index (χ1) is 6.85. The number of guanidine groups is 1. The third-order valence-electron chi connectivity index (χ3n) is 3.14. The van der Waals surface area contributed by atoms with Gasteiger partial charge in [0.2, 0.25) is 0 Å². The second kappa shape index (κ2) is 4.17. The number of aliphatic hydroxyl groups excluding tert-OH is 1. The normalized spacial score (nSPS) is 25.4. The van der Waals surface area contributed by atoms with Gasteiger partial charge < -0.3 is 15.7 Å². The van der Waals surface area contributed by atoms with Crippen LogP contribution >= 0.6 is 0 Å². The lowest BCUT2D eigenvalue weighted by Crippen LogP contribution is -2.54. The Hall–Kier alpha value is -0.770. The van der Waals surface area contributed by atoms with E-state index in [0.29, 0.717) is 0 Å². The van der Waals surface area contributed by atoms with Crippen LogP contribution in [-0.2, 0) is 0 Å². The van der Waals surface area contributed by atoms with Crippen LogP contribution < -0.4 is 10.6 Å². The maximum absolute atomic E-state index is 9.40. The number of rotatable bonds is 2. The molecule has 1 heterocycles. The summed E-state index contributed by atoms with van der Waals surface area (Å²) in [6, 6.07) is 0. The Kier molecular flexibility index (Phi) is 2.91. The van der Waals surface area contributed by atoms with Crippen molar-refractivity contribution in [2.45, 2.75) is 37.6 Å². The predicted molar refractivity (Wildman–Crippen MR) is 56.3 cm³/mol. The van der Waals surface area contributed by atoms with Gasteiger partial charge in [-0.2, -0.15) is 0 Å². The molecule has 0 saturated heterocycles. The third kappa shape index (κ3) is 2.00. The fourth-order valence-electron chi connectivity index (χ4n) is 2.24. The van der Waals surface area contributed by atoms with Crippen LogP contribution in [0.15, 0.2) is 4.99 Å². The molecule has 4 heteroatoms. The van der Waals surface area contributed by atoms with Gasteiger partial charge in [0.05, 0.1) is 12.1 Å². The summed E-state index contributed by atoms with van der Waals surface area (Å²) < 4.78 is 0. The summed E-state index contributed by atoms with van der Waals surface area (Å²) in [4.78, 5) is 4.37. The molecule has 4 nitrogen and oxygen atoms in total. The van der Waals surface area contributed by atoms with Gasteiger partial charge in [0.25, 0.3) is 0 Å². The lowest BCUT2D eigenvalue weighted by atomic mass is 9.99. The van der Waals surface area contributed by atoms with Crippen molar-refractivity contribution < 1.29 is 5.11 Å². The van der Waals surface area contributed by atoms with E-state index < -0.39 is 0 Å². The molecule has 0 aromatic heterocycles. The van der Waals surface area contributed by atoms with Gasteiger partial charge in [-0.15, -0.1) is 0 Å². The van der Waals surface area contributed by atoms with E-state index >= 15 is 0 Å². The molecule has 0 amide bonds. The number of nitrogens with one attached hydrogen (secondary N) is 2. The molecular formula is C10H19N3O. The molecule has 80 valence electrons. The average Bonchev–Trinajstić information content (AvgIpc) is 2.69. The zero-order valence-electron chi connectivity index (χ0n) is 8.55. The van der Waals surface area contributed by atoms with Crippen molar-refractivity contribution in [1.29, 1.82) is 0 Å². The molecule has 1 aliphatic carbocycles. The summed E-state index contributed by atoms with van der Waals surface area (Å²) in [6.07, 6.45) is 5.65. The van der Waals surface area contributed by atoms with E-state index in [4.69, 9.17) is 0 Å². The Morgan fingerprint density at radius 2 is 2.14 bits per heavy atom. The molecule has 0 atom stereocenters. The number of aliphatic imine (C=N–C) groups is 1. The zero-order valence-corrected chi connectivity index (χ0v) is 8.55. The highest BCUT2D eigenvalue weighted by Crippen LogP contribution is 2.28. The molecule has 2 rings (SSSR count). The summed E-state index contributed by atoms with van der Waals surface area (Å²) in [5, 5.41) is 16.0. The molecule has 0 aromatic carbocycles. The topological polar surface area (TPSA) is 56.6 Å². The Balaban J connectivity index is 1.96. The second-order valence-electron chi connectivity index (χ2n) is 4.28.